The van der Waals surface area contributed by atoms with Crippen LogP contribution in [0.3, 0.4) is 0 Å². The molecule has 0 spiro atoms. The summed E-state index contributed by atoms with van der Waals surface area (Å²) < 4.78 is 0. The number of hydrogen-bond acceptors (Lipinski definition) is 1. The second kappa shape index (κ2) is 13.4. The summed E-state index contributed by atoms with van der Waals surface area (Å²) in [5.74, 6) is -0.825. The summed E-state index contributed by atoms with van der Waals surface area (Å²) >= 11 is 0. The van der Waals surface area contributed by atoms with Crippen molar-refractivity contribution in [3.05, 3.63) is 24.3 Å². The van der Waals surface area contributed by atoms with Crippen LogP contribution in [0, 0.1) is 0 Å². The maximum atomic E-state index is 10.4. The summed E-state index contributed by atoms with van der Waals surface area (Å²) in [4.78, 5) is 10.4. The zero-order valence-corrected chi connectivity index (χ0v) is 12.5. The standard InChI is InChI=1S/C17H30O2/c1-3-4-5-6-7-8-9-10-11-12-13-14-16(2)15-17(18)19/h3,15H,1,4-14H2,2H3,(H,18,19). The lowest BCUT2D eigenvalue weighted by molar-refractivity contribution is -0.131. The molecule has 2 nitrogen and oxygen atoms in total. The molecule has 0 aromatic carbocycles. The van der Waals surface area contributed by atoms with E-state index in [0.29, 0.717) is 0 Å². The van der Waals surface area contributed by atoms with Crippen molar-refractivity contribution in [1.29, 1.82) is 0 Å². The normalized spacial score (nSPS) is 11.5. The van der Waals surface area contributed by atoms with Crippen molar-refractivity contribution < 1.29 is 9.90 Å². The molecule has 0 radical (unpaired) electrons. The molecule has 0 aromatic heterocycles. The number of unbranched alkanes of at least 4 members (excludes halogenated alkanes) is 9. The van der Waals surface area contributed by atoms with Gasteiger partial charge in [0.25, 0.3) is 0 Å². The SMILES string of the molecule is C=CCCCCCCCCCCCC(C)=CC(=O)O. The number of allylic oxidation sites excluding steroid dienone is 2. The third-order valence-electron chi connectivity index (χ3n) is 3.35. The molecule has 0 aliphatic heterocycles. The van der Waals surface area contributed by atoms with Crippen LogP contribution in [0.25, 0.3) is 0 Å². The second-order valence-electron chi connectivity index (χ2n) is 5.34. The van der Waals surface area contributed by atoms with E-state index in [2.05, 4.69) is 6.58 Å². The Balaban J connectivity index is 3.19. The van der Waals surface area contributed by atoms with Gasteiger partial charge in [-0.2, -0.15) is 0 Å². The summed E-state index contributed by atoms with van der Waals surface area (Å²) in [6.45, 7) is 5.63. The maximum Gasteiger partial charge on any atom is 0.328 e. The smallest absolute Gasteiger partial charge is 0.328 e. The van der Waals surface area contributed by atoms with Crippen LogP contribution in [0.15, 0.2) is 24.3 Å². The lowest BCUT2D eigenvalue weighted by Gasteiger charge is -2.02. The molecule has 0 aliphatic carbocycles. The number of carbonyl (C=O) groups is 1. The molecule has 2 heteroatoms. The Hall–Kier alpha value is -1.05. The maximum absolute atomic E-state index is 10.4. The zero-order chi connectivity index (χ0) is 14.3. The summed E-state index contributed by atoms with van der Waals surface area (Å²) in [6.07, 6.45) is 17.0. The van der Waals surface area contributed by atoms with Crippen molar-refractivity contribution in [3.8, 4) is 0 Å². The van der Waals surface area contributed by atoms with Gasteiger partial charge in [-0.3, -0.25) is 0 Å². The molecular weight excluding hydrogens is 236 g/mol. The summed E-state index contributed by atoms with van der Waals surface area (Å²) in [5, 5.41) is 8.58. The molecule has 0 rings (SSSR count). The van der Waals surface area contributed by atoms with E-state index < -0.39 is 5.97 Å². The number of rotatable bonds is 13. The van der Waals surface area contributed by atoms with E-state index in [1.807, 2.05) is 13.0 Å². The molecule has 0 aliphatic rings. The van der Waals surface area contributed by atoms with Gasteiger partial charge in [0.1, 0.15) is 0 Å². The Morgan fingerprint density at radius 2 is 1.42 bits per heavy atom. The van der Waals surface area contributed by atoms with E-state index in [1.54, 1.807) is 0 Å². The average Bonchev–Trinajstić information content (AvgIpc) is 2.35. The summed E-state index contributed by atoms with van der Waals surface area (Å²) in [6, 6.07) is 0. The average molecular weight is 266 g/mol. The first-order valence-corrected chi connectivity index (χ1v) is 7.68. The molecule has 0 fully saturated rings. The Labute approximate surface area is 118 Å². The van der Waals surface area contributed by atoms with Gasteiger partial charge >= 0.3 is 5.97 Å². The third-order valence-corrected chi connectivity index (χ3v) is 3.35. The molecule has 0 heterocycles. The van der Waals surface area contributed by atoms with Crippen LogP contribution in [-0.2, 0) is 4.79 Å². The molecule has 110 valence electrons. The quantitative estimate of drug-likeness (QED) is 0.272. The molecule has 0 bridgehead atoms. The van der Waals surface area contributed by atoms with Crippen molar-refractivity contribution >= 4 is 5.97 Å². The van der Waals surface area contributed by atoms with Crippen LogP contribution in [0.4, 0.5) is 0 Å². The highest BCUT2D eigenvalue weighted by Crippen LogP contribution is 2.13. The monoisotopic (exact) mass is 266 g/mol. The lowest BCUT2D eigenvalue weighted by atomic mass is 10.0. The van der Waals surface area contributed by atoms with Crippen LogP contribution in [-0.4, -0.2) is 11.1 Å². The van der Waals surface area contributed by atoms with E-state index in [4.69, 9.17) is 5.11 Å². The fraction of sp³-hybridized carbons (Fsp3) is 0.706. The molecule has 0 aromatic rings. The first-order valence-electron chi connectivity index (χ1n) is 7.68. The lowest BCUT2D eigenvalue weighted by Crippen LogP contribution is -1.90. The molecular formula is C17H30O2. The van der Waals surface area contributed by atoms with Crippen LogP contribution in [0.5, 0.6) is 0 Å². The zero-order valence-electron chi connectivity index (χ0n) is 12.5. The van der Waals surface area contributed by atoms with E-state index in [-0.39, 0.29) is 0 Å². The molecule has 0 unspecified atom stereocenters. The second-order valence-corrected chi connectivity index (χ2v) is 5.34. The van der Waals surface area contributed by atoms with Crippen molar-refractivity contribution in [2.45, 2.75) is 77.6 Å². The summed E-state index contributed by atoms with van der Waals surface area (Å²) in [7, 11) is 0. The highest BCUT2D eigenvalue weighted by molar-refractivity contribution is 5.80. The first kappa shape index (κ1) is 17.9. The first-order chi connectivity index (χ1) is 9.16. The minimum atomic E-state index is -0.825. The largest absolute Gasteiger partial charge is 0.478 e. The number of carboxylic acids is 1. The Morgan fingerprint density at radius 3 is 1.89 bits per heavy atom. The van der Waals surface area contributed by atoms with E-state index in [0.717, 1.165) is 24.8 Å². The molecule has 0 atom stereocenters. The van der Waals surface area contributed by atoms with Crippen molar-refractivity contribution in [3.63, 3.8) is 0 Å². The van der Waals surface area contributed by atoms with Gasteiger partial charge in [-0.1, -0.05) is 56.6 Å². The van der Waals surface area contributed by atoms with Gasteiger partial charge in [0.05, 0.1) is 0 Å². The van der Waals surface area contributed by atoms with Crippen LogP contribution in [0.2, 0.25) is 0 Å². The van der Waals surface area contributed by atoms with Gasteiger partial charge in [0.2, 0.25) is 0 Å². The Morgan fingerprint density at radius 1 is 0.947 bits per heavy atom. The number of hydrogen-bond donors (Lipinski definition) is 1. The minimum Gasteiger partial charge on any atom is -0.478 e. The molecule has 0 saturated carbocycles. The summed E-state index contributed by atoms with van der Waals surface area (Å²) in [5.41, 5.74) is 0.981. The van der Waals surface area contributed by atoms with Gasteiger partial charge < -0.3 is 5.11 Å². The van der Waals surface area contributed by atoms with Gasteiger partial charge in [-0.15, -0.1) is 6.58 Å². The van der Waals surface area contributed by atoms with E-state index in [1.165, 1.54) is 57.4 Å². The third kappa shape index (κ3) is 14.9. The molecule has 1 N–H and O–H groups in total. The minimum absolute atomic E-state index is 0.825. The Bertz CT molecular complexity index is 266. The number of carboxylic acid groups (broad SMARTS) is 1. The van der Waals surface area contributed by atoms with E-state index in [9.17, 15) is 4.79 Å². The predicted octanol–water partition coefficient (Wildman–Crippen LogP) is 5.49. The van der Waals surface area contributed by atoms with Crippen molar-refractivity contribution in [2.75, 3.05) is 0 Å². The van der Waals surface area contributed by atoms with Crippen molar-refractivity contribution in [1.82, 2.24) is 0 Å². The fourth-order valence-corrected chi connectivity index (χ4v) is 2.21. The van der Waals surface area contributed by atoms with Crippen LogP contribution < -0.4 is 0 Å². The number of aliphatic carboxylic acids is 1. The van der Waals surface area contributed by atoms with Crippen LogP contribution in [0.1, 0.15) is 77.6 Å². The molecule has 0 amide bonds. The van der Waals surface area contributed by atoms with Gasteiger partial charge in [-0.25, -0.2) is 4.79 Å². The van der Waals surface area contributed by atoms with Gasteiger partial charge in [0.15, 0.2) is 0 Å². The van der Waals surface area contributed by atoms with Crippen LogP contribution >= 0.6 is 0 Å². The topological polar surface area (TPSA) is 37.3 Å². The van der Waals surface area contributed by atoms with Crippen molar-refractivity contribution in [2.24, 2.45) is 0 Å². The Kier molecular flexibility index (Phi) is 12.6. The molecule has 19 heavy (non-hydrogen) atoms. The predicted molar refractivity (Wildman–Crippen MR) is 82.4 cm³/mol. The highest BCUT2D eigenvalue weighted by Gasteiger charge is 1.96. The van der Waals surface area contributed by atoms with E-state index >= 15 is 0 Å². The highest BCUT2D eigenvalue weighted by atomic mass is 16.4. The van der Waals surface area contributed by atoms with Gasteiger partial charge in [-0.05, 0) is 32.6 Å². The molecule has 0 saturated heterocycles. The van der Waals surface area contributed by atoms with Gasteiger partial charge in [0, 0.05) is 6.08 Å². The fourth-order valence-electron chi connectivity index (χ4n) is 2.21.